The number of nitrogens with one attached hydrogen (secondary N) is 2. The summed E-state index contributed by atoms with van der Waals surface area (Å²) in [4.78, 5) is 0. The monoisotopic (exact) mass is 402 g/mol. The predicted molar refractivity (Wildman–Crippen MR) is 108 cm³/mol. The highest BCUT2D eigenvalue weighted by atomic mass is 32.1. The molecule has 1 aromatic heterocycles. The summed E-state index contributed by atoms with van der Waals surface area (Å²) in [5.41, 5.74) is 5.07. The van der Waals surface area contributed by atoms with Crippen LogP contribution in [0.1, 0.15) is 30.3 Å². The van der Waals surface area contributed by atoms with Crippen molar-refractivity contribution >= 4 is 12.2 Å². The summed E-state index contributed by atoms with van der Waals surface area (Å²) >= 11 is 5.31. The van der Waals surface area contributed by atoms with Crippen LogP contribution in [0.5, 0.6) is 11.5 Å². The molecule has 3 rings (SSSR count). The Morgan fingerprint density at radius 3 is 2.71 bits per heavy atom. The first-order chi connectivity index (χ1) is 13.6. The van der Waals surface area contributed by atoms with E-state index in [9.17, 15) is 4.39 Å². The summed E-state index contributed by atoms with van der Waals surface area (Å²) in [6.45, 7) is 2.87. The molecule has 0 bridgehead atoms. The van der Waals surface area contributed by atoms with Crippen molar-refractivity contribution in [1.82, 2.24) is 14.9 Å². The first-order valence-electron chi connectivity index (χ1n) is 9.05. The Kier molecular flexibility index (Phi) is 6.65. The largest absolute Gasteiger partial charge is 0.493 e. The molecule has 6 nitrogen and oxygen atoms in total. The zero-order valence-electron chi connectivity index (χ0n) is 15.9. The van der Waals surface area contributed by atoms with Gasteiger partial charge in [-0.25, -0.2) is 9.07 Å². The topological polar surface area (TPSA) is 64.1 Å². The van der Waals surface area contributed by atoms with Crippen LogP contribution in [0.3, 0.4) is 0 Å². The first-order valence-corrected chi connectivity index (χ1v) is 9.46. The van der Waals surface area contributed by atoms with Crippen molar-refractivity contribution in [3.63, 3.8) is 0 Å². The average molecular weight is 402 g/mol. The number of aromatic amines is 1. The molecule has 0 amide bonds. The lowest BCUT2D eigenvalue weighted by atomic mass is 10.2. The Labute approximate surface area is 168 Å². The van der Waals surface area contributed by atoms with E-state index in [-0.39, 0.29) is 5.82 Å². The van der Waals surface area contributed by atoms with Crippen molar-refractivity contribution in [2.24, 2.45) is 0 Å². The molecule has 2 N–H and O–H groups in total. The Morgan fingerprint density at radius 2 is 2.00 bits per heavy atom. The van der Waals surface area contributed by atoms with Gasteiger partial charge >= 0.3 is 0 Å². The van der Waals surface area contributed by atoms with Crippen LogP contribution >= 0.6 is 12.2 Å². The van der Waals surface area contributed by atoms with Crippen LogP contribution in [-0.4, -0.2) is 22.0 Å². The number of para-hydroxylation sites is 1. The van der Waals surface area contributed by atoms with Gasteiger partial charge in [0.1, 0.15) is 12.4 Å². The summed E-state index contributed by atoms with van der Waals surface area (Å²) in [6.07, 6.45) is 1.78. The van der Waals surface area contributed by atoms with Gasteiger partial charge in [0.15, 0.2) is 17.3 Å². The molecular weight excluding hydrogens is 379 g/mol. The quantitative estimate of drug-likeness (QED) is 0.521. The average Bonchev–Trinajstić information content (AvgIpc) is 3.05. The van der Waals surface area contributed by atoms with Gasteiger partial charge in [0.2, 0.25) is 4.77 Å². The molecule has 0 atom stereocenters. The van der Waals surface area contributed by atoms with Gasteiger partial charge < -0.3 is 14.9 Å². The highest BCUT2D eigenvalue weighted by molar-refractivity contribution is 7.71. The van der Waals surface area contributed by atoms with Crippen molar-refractivity contribution in [3.8, 4) is 11.5 Å². The number of rotatable bonds is 9. The Morgan fingerprint density at radius 1 is 1.21 bits per heavy atom. The van der Waals surface area contributed by atoms with Crippen LogP contribution in [0.15, 0.2) is 42.5 Å². The number of halogens is 1. The molecule has 28 heavy (non-hydrogen) atoms. The molecule has 148 valence electrons. The number of hydrogen-bond donors (Lipinski definition) is 2. The second-order valence-corrected chi connectivity index (χ2v) is 6.62. The Bertz CT molecular complexity index is 969. The fraction of sp³-hybridized carbons (Fsp3) is 0.300. The molecule has 3 aromatic rings. The zero-order chi connectivity index (χ0) is 19.9. The van der Waals surface area contributed by atoms with Gasteiger partial charge in [0.25, 0.3) is 0 Å². The van der Waals surface area contributed by atoms with Crippen LogP contribution in [0.2, 0.25) is 0 Å². The maximum absolute atomic E-state index is 13.1. The van der Waals surface area contributed by atoms with Crippen LogP contribution in [0.4, 0.5) is 4.39 Å². The van der Waals surface area contributed by atoms with E-state index in [4.69, 9.17) is 21.7 Å². The minimum absolute atomic E-state index is 0.273. The number of benzene rings is 2. The lowest BCUT2D eigenvalue weighted by Crippen LogP contribution is -2.18. The van der Waals surface area contributed by atoms with E-state index < -0.39 is 0 Å². The maximum Gasteiger partial charge on any atom is 0.214 e. The molecule has 0 fully saturated rings. The van der Waals surface area contributed by atoms with Crippen LogP contribution in [0, 0.1) is 10.6 Å². The molecule has 0 radical (unpaired) electrons. The second kappa shape index (κ2) is 9.36. The van der Waals surface area contributed by atoms with E-state index in [2.05, 4.69) is 22.5 Å². The van der Waals surface area contributed by atoms with Gasteiger partial charge in [-0.1, -0.05) is 31.2 Å². The van der Waals surface area contributed by atoms with E-state index in [0.717, 1.165) is 29.8 Å². The van der Waals surface area contributed by atoms with Gasteiger partial charge in [0, 0.05) is 12.0 Å². The summed E-state index contributed by atoms with van der Waals surface area (Å²) < 4.78 is 26.9. The minimum Gasteiger partial charge on any atom is -0.493 e. The molecular formula is C20H23FN4O2S. The summed E-state index contributed by atoms with van der Waals surface area (Å²) in [6, 6.07) is 11.9. The second-order valence-electron chi connectivity index (χ2n) is 6.23. The normalized spacial score (nSPS) is 10.7. The summed E-state index contributed by atoms with van der Waals surface area (Å²) in [7, 11) is 1.60. The van der Waals surface area contributed by atoms with E-state index >= 15 is 0 Å². The molecule has 8 heteroatoms. The van der Waals surface area contributed by atoms with Gasteiger partial charge in [-0.15, -0.1) is 0 Å². The first kappa shape index (κ1) is 19.9. The predicted octanol–water partition coefficient (Wildman–Crippen LogP) is 4.36. The summed E-state index contributed by atoms with van der Waals surface area (Å²) in [5, 5.41) is 7.07. The van der Waals surface area contributed by atoms with Crippen molar-refractivity contribution < 1.29 is 13.9 Å². The number of H-pyrrole nitrogens is 1. The summed E-state index contributed by atoms with van der Waals surface area (Å²) in [5.74, 6) is 1.84. The van der Waals surface area contributed by atoms with Crippen molar-refractivity contribution in [3.05, 3.63) is 70.0 Å². The molecule has 0 saturated carbocycles. The van der Waals surface area contributed by atoms with Crippen molar-refractivity contribution in [1.29, 1.82) is 0 Å². The fourth-order valence-corrected chi connectivity index (χ4v) is 3.02. The van der Waals surface area contributed by atoms with Crippen LogP contribution in [-0.2, 0) is 19.6 Å². The van der Waals surface area contributed by atoms with E-state index in [1.165, 1.54) is 12.1 Å². The molecule has 0 saturated heterocycles. The smallest absolute Gasteiger partial charge is 0.214 e. The van der Waals surface area contributed by atoms with Crippen LogP contribution < -0.4 is 14.9 Å². The number of hydrogen-bond acceptors (Lipinski definition) is 5. The van der Waals surface area contributed by atoms with Crippen molar-refractivity contribution in [2.75, 3.05) is 12.5 Å². The van der Waals surface area contributed by atoms with Crippen molar-refractivity contribution in [2.45, 2.75) is 32.9 Å². The third-order valence-electron chi connectivity index (χ3n) is 4.22. The third kappa shape index (κ3) is 4.69. The van der Waals surface area contributed by atoms with Crippen LogP contribution in [0.25, 0.3) is 0 Å². The Hall–Kier alpha value is -2.87. The standard InChI is InChI=1S/C20H23FN4O2S/c1-3-5-18-23-24-20(28)25(18)22-12-15-6-4-7-17(26-2)19(15)27-13-14-8-10-16(21)11-9-14/h4,6-11,22H,3,5,12-13H2,1-2H3,(H,24,28). The lowest BCUT2D eigenvalue weighted by molar-refractivity contribution is 0.281. The van der Waals surface area contributed by atoms with E-state index in [1.807, 2.05) is 18.2 Å². The number of aromatic nitrogens is 3. The Balaban J connectivity index is 1.78. The molecule has 0 aliphatic heterocycles. The molecule has 0 unspecified atom stereocenters. The van der Waals surface area contributed by atoms with Gasteiger partial charge in [-0.05, 0) is 42.4 Å². The molecule has 1 heterocycles. The molecule has 2 aromatic carbocycles. The zero-order valence-corrected chi connectivity index (χ0v) is 16.7. The van der Waals surface area contributed by atoms with E-state index in [1.54, 1.807) is 23.9 Å². The SMILES string of the molecule is CCCc1n[nH]c(=S)n1NCc1cccc(OC)c1OCc1ccc(F)cc1. The number of nitrogens with zero attached hydrogens (tertiary/aromatic N) is 2. The van der Waals surface area contributed by atoms with Gasteiger partial charge in [-0.2, -0.15) is 5.10 Å². The third-order valence-corrected chi connectivity index (χ3v) is 4.49. The molecule has 0 aliphatic rings. The van der Waals surface area contributed by atoms with Gasteiger partial charge in [0.05, 0.1) is 13.7 Å². The number of methoxy groups -OCH3 is 1. The highest BCUT2D eigenvalue weighted by Crippen LogP contribution is 2.32. The lowest BCUT2D eigenvalue weighted by Gasteiger charge is -2.17. The maximum atomic E-state index is 13.1. The number of ether oxygens (including phenoxy) is 2. The number of aryl methyl sites for hydroxylation is 1. The van der Waals surface area contributed by atoms with E-state index in [0.29, 0.717) is 29.4 Å². The fourth-order valence-electron chi connectivity index (χ4n) is 2.81. The minimum atomic E-state index is -0.273. The van der Waals surface area contributed by atoms with Gasteiger partial charge in [-0.3, -0.25) is 5.10 Å². The molecule has 0 spiro atoms. The highest BCUT2D eigenvalue weighted by Gasteiger charge is 2.12. The molecule has 0 aliphatic carbocycles.